The molecule has 0 aliphatic carbocycles. The van der Waals surface area contributed by atoms with Crippen LogP contribution in [0.25, 0.3) is 0 Å². The molecule has 0 aromatic rings. The molecule has 0 amide bonds. The van der Waals surface area contributed by atoms with Crippen molar-refractivity contribution in [3.63, 3.8) is 0 Å². The van der Waals surface area contributed by atoms with Crippen molar-refractivity contribution in [1.82, 2.24) is 0 Å². The summed E-state index contributed by atoms with van der Waals surface area (Å²) in [6.45, 7) is 2.13. The molecule has 1 N–H and O–H groups in total. The monoisotopic (exact) mass is 404 g/mol. The predicted octanol–water partition coefficient (Wildman–Crippen LogP) is 4.05. The van der Waals surface area contributed by atoms with Crippen LogP contribution in [-0.4, -0.2) is 47.1 Å². The second-order valence-electron chi connectivity index (χ2n) is 6.12. The van der Waals surface area contributed by atoms with E-state index in [0.29, 0.717) is 20.8 Å². The van der Waals surface area contributed by atoms with Gasteiger partial charge in [-0.2, -0.15) is 39.5 Å². The molecule has 0 saturated carbocycles. The maximum Gasteiger partial charge on any atom is 0.460 e. The van der Waals surface area contributed by atoms with Gasteiger partial charge in [-0.25, -0.2) is 9.59 Å². The number of ether oxygens (including phenoxy) is 1. The van der Waals surface area contributed by atoms with Crippen LogP contribution < -0.4 is 0 Å². The van der Waals surface area contributed by atoms with Crippen LogP contribution in [-0.2, 0) is 14.3 Å². The first-order chi connectivity index (χ1) is 11.2. The quantitative estimate of drug-likeness (QED) is 0.412. The number of alkyl halides is 9. The molecule has 152 valence electrons. The van der Waals surface area contributed by atoms with E-state index in [0.717, 1.165) is 0 Å². The van der Waals surface area contributed by atoms with Gasteiger partial charge < -0.3 is 9.84 Å². The van der Waals surface area contributed by atoms with E-state index >= 15 is 0 Å². The van der Waals surface area contributed by atoms with Crippen molar-refractivity contribution < 1.29 is 58.9 Å². The van der Waals surface area contributed by atoms with Crippen molar-refractivity contribution in [2.24, 2.45) is 5.41 Å². The van der Waals surface area contributed by atoms with Crippen LogP contribution in [0.2, 0.25) is 0 Å². The second-order valence-corrected chi connectivity index (χ2v) is 6.12. The molecule has 0 heterocycles. The maximum absolute atomic E-state index is 14.0. The summed E-state index contributed by atoms with van der Waals surface area (Å²) < 4.78 is 121. The standard InChI is InChI=1S/C13H13F9O4/c1-9(2,3)8(26-7(25)5-4-6(23)24)10(14,15)11(16,17)12(18,19)13(20,21)22/h4-5,8H,1-3H3,(H,23,24)/b5-4+. The summed E-state index contributed by atoms with van der Waals surface area (Å²) in [4.78, 5) is 21.5. The number of halogens is 9. The average Bonchev–Trinajstić information content (AvgIpc) is 2.39. The predicted molar refractivity (Wildman–Crippen MR) is 67.0 cm³/mol. The largest absolute Gasteiger partial charge is 0.478 e. The van der Waals surface area contributed by atoms with E-state index in [4.69, 9.17) is 5.11 Å². The lowest BCUT2D eigenvalue weighted by molar-refractivity contribution is -0.409. The number of carboxylic acid groups (broad SMARTS) is 1. The number of rotatable bonds is 6. The Bertz CT molecular complexity index is 573. The number of carbonyl (C=O) groups excluding carboxylic acids is 1. The summed E-state index contributed by atoms with van der Waals surface area (Å²) in [6, 6.07) is 0. The number of carboxylic acids is 1. The Kier molecular flexibility index (Phi) is 6.46. The number of esters is 1. The molecule has 26 heavy (non-hydrogen) atoms. The number of carbonyl (C=O) groups is 2. The van der Waals surface area contributed by atoms with Crippen LogP contribution in [0.3, 0.4) is 0 Å². The van der Waals surface area contributed by atoms with E-state index in [1.807, 2.05) is 0 Å². The molecule has 13 heteroatoms. The van der Waals surface area contributed by atoms with Gasteiger partial charge in [-0.3, -0.25) is 0 Å². The molecule has 0 aliphatic rings. The lowest BCUT2D eigenvalue weighted by Crippen LogP contribution is -2.66. The Hall–Kier alpha value is -1.95. The molecule has 0 aliphatic heterocycles. The zero-order valence-electron chi connectivity index (χ0n) is 13.3. The Morgan fingerprint density at radius 1 is 0.846 bits per heavy atom. The van der Waals surface area contributed by atoms with Gasteiger partial charge in [0.15, 0.2) is 6.10 Å². The molecular formula is C13H13F9O4. The fourth-order valence-electron chi connectivity index (χ4n) is 1.64. The van der Waals surface area contributed by atoms with Gasteiger partial charge in [0, 0.05) is 17.6 Å². The summed E-state index contributed by atoms with van der Waals surface area (Å²) in [6.07, 6.45) is -10.4. The minimum Gasteiger partial charge on any atom is -0.478 e. The van der Waals surface area contributed by atoms with E-state index in [1.54, 1.807) is 0 Å². The van der Waals surface area contributed by atoms with Gasteiger partial charge in [0.2, 0.25) is 0 Å². The Labute approximate surface area is 140 Å². The Morgan fingerprint density at radius 2 is 1.27 bits per heavy atom. The van der Waals surface area contributed by atoms with Gasteiger partial charge in [-0.1, -0.05) is 20.8 Å². The Balaban J connectivity index is 6.10. The molecule has 0 spiro atoms. The van der Waals surface area contributed by atoms with Crippen LogP contribution in [0.1, 0.15) is 20.8 Å². The van der Waals surface area contributed by atoms with Gasteiger partial charge in [0.1, 0.15) is 0 Å². The smallest absolute Gasteiger partial charge is 0.460 e. The lowest BCUT2D eigenvalue weighted by Gasteiger charge is -2.41. The van der Waals surface area contributed by atoms with Crippen LogP contribution in [0.15, 0.2) is 12.2 Å². The Morgan fingerprint density at radius 3 is 1.58 bits per heavy atom. The van der Waals surface area contributed by atoms with Crippen LogP contribution in [0, 0.1) is 5.41 Å². The van der Waals surface area contributed by atoms with Crippen molar-refractivity contribution in [3.8, 4) is 0 Å². The number of hydrogen-bond donors (Lipinski definition) is 1. The average molecular weight is 404 g/mol. The molecule has 4 nitrogen and oxygen atoms in total. The first-order valence-corrected chi connectivity index (χ1v) is 6.51. The molecule has 0 aromatic heterocycles. The normalized spacial score (nSPS) is 15.8. The second kappa shape index (κ2) is 6.99. The van der Waals surface area contributed by atoms with Crippen molar-refractivity contribution >= 4 is 11.9 Å². The third kappa shape index (κ3) is 4.61. The highest BCUT2D eigenvalue weighted by molar-refractivity contribution is 5.90. The molecule has 1 unspecified atom stereocenters. The summed E-state index contributed by atoms with van der Waals surface area (Å²) in [5.74, 6) is -24.0. The summed E-state index contributed by atoms with van der Waals surface area (Å²) >= 11 is 0. The molecule has 1 atom stereocenters. The SMILES string of the molecule is CC(C)(C)C(OC(=O)/C=C/C(=O)O)C(F)(F)C(F)(F)C(F)(F)C(F)(F)F. The fraction of sp³-hybridized carbons (Fsp3) is 0.692. The van der Waals surface area contributed by atoms with E-state index in [9.17, 15) is 49.1 Å². The molecule has 0 fully saturated rings. The van der Waals surface area contributed by atoms with E-state index < -0.39 is 47.4 Å². The molecule has 0 rings (SSSR count). The molecule has 0 radical (unpaired) electrons. The van der Waals surface area contributed by atoms with Crippen LogP contribution in [0.5, 0.6) is 0 Å². The molecular weight excluding hydrogens is 391 g/mol. The van der Waals surface area contributed by atoms with Crippen molar-refractivity contribution in [1.29, 1.82) is 0 Å². The van der Waals surface area contributed by atoms with Crippen molar-refractivity contribution in [2.45, 2.75) is 50.8 Å². The fourth-order valence-corrected chi connectivity index (χ4v) is 1.64. The lowest BCUT2D eigenvalue weighted by atomic mass is 9.81. The summed E-state index contributed by atoms with van der Waals surface area (Å²) in [5.41, 5.74) is -2.23. The maximum atomic E-state index is 14.0. The summed E-state index contributed by atoms with van der Waals surface area (Å²) in [5, 5.41) is 8.25. The zero-order valence-corrected chi connectivity index (χ0v) is 13.3. The van der Waals surface area contributed by atoms with E-state index in [1.165, 1.54) is 0 Å². The first-order valence-electron chi connectivity index (χ1n) is 6.51. The number of hydrogen-bond acceptors (Lipinski definition) is 3. The first kappa shape index (κ1) is 24.1. The van der Waals surface area contributed by atoms with Crippen LogP contribution in [0.4, 0.5) is 39.5 Å². The molecule has 0 saturated heterocycles. The van der Waals surface area contributed by atoms with E-state index in [2.05, 4.69) is 4.74 Å². The zero-order chi connectivity index (χ0) is 21.4. The van der Waals surface area contributed by atoms with Crippen molar-refractivity contribution in [3.05, 3.63) is 12.2 Å². The highest BCUT2D eigenvalue weighted by atomic mass is 19.4. The molecule has 0 aromatic carbocycles. The van der Waals surface area contributed by atoms with Gasteiger partial charge in [0.25, 0.3) is 0 Å². The minimum absolute atomic E-state index is 0.00278. The third-order valence-corrected chi connectivity index (χ3v) is 2.88. The van der Waals surface area contributed by atoms with Crippen molar-refractivity contribution in [2.75, 3.05) is 0 Å². The van der Waals surface area contributed by atoms with Crippen LogP contribution >= 0.6 is 0 Å². The molecule has 0 bridgehead atoms. The van der Waals surface area contributed by atoms with E-state index in [-0.39, 0.29) is 12.2 Å². The van der Waals surface area contributed by atoms with Gasteiger partial charge in [-0.15, -0.1) is 0 Å². The van der Waals surface area contributed by atoms with Gasteiger partial charge >= 0.3 is 35.9 Å². The third-order valence-electron chi connectivity index (χ3n) is 2.88. The summed E-state index contributed by atoms with van der Waals surface area (Å²) in [7, 11) is 0. The minimum atomic E-state index is -7.14. The van der Waals surface area contributed by atoms with Gasteiger partial charge in [-0.05, 0) is 0 Å². The van der Waals surface area contributed by atoms with Gasteiger partial charge in [0.05, 0.1) is 0 Å². The topological polar surface area (TPSA) is 63.6 Å². The highest BCUT2D eigenvalue weighted by Crippen LogP contribution is 2.56. The number of aliphatic carboxylic acids is 1. The highest BCUT2D eigenvalue weighted by Gasteiger charge is 2.84.